The Labute approximate surface area is 90.8 Å². The second kappa shape index (κ2) is 4.56. The van der Waals surface area contributed by atoms with E-state index in [4.69, 9.17) is 0 Å². The first-order valence-electron chi connectivity index (χ1n) is 4.40. The van der Waals surface area contributed by atoms with Gasteiger partial charge in [-0.15, -0.1) is 0 Å². The summed E-state index contributed by atoms with van der Waals surface area (Å²) in [5.41, 5.74) is 0. The summed E-state index contributed by atoms with van der Waals surface area (Å²) in [6.07, 6.45) is 0. The van der Waals surface area contributed by atoms with Crippen LogP contribution >= 0.6 is 0 Å². The fourth-order valence-electron chi connectivity index (χ4n) is 1.29. The summed E-state index contributed by atoms with van der Waals surface area (Å²) < 4.78 is 3.16. The van der Waals surface area contributed by atoms with E-state index in [0.29, 0.717) is 0 Å². The van der Waals surface area contributed by atoms with Crippen LogP contribution in [0.15, 0.2) is 60.7 Å². The van der Waals surface area contributed by atoms with Crippen LogP contribution in [0.2, 0.25) is 0 Å². The van der Waals surface area contributed by atoms with Gasteiger partial charge in [-0.05, 0) is 0 Å². The van der Waals surface area contributed by atoms with Gasteiger partial charge in [0.05, 0.1) is 0 Å². The Morgan fingerprint density at radius 3 is 1.31 bits per heavy atom. The summed E-state index contributed by atoms with van der Waals surface area (Å²) in [7, 11) is 0. The van der Waals surface area contributed by atoms with E-state index >= 15 is 0 Å². The average molecular weight is 359 g/mol. The second-order valence-corrected chi connectivity index (χ2v) is 9.27. The molecule has 0 fully saturated rings. The van der Waals surface area contributed by atoms with E-state index < -0.39 is 24.2 Å². The van der Waals surface area contributed by atoms with Crippen LogP contribution in [0, 0.1) is 0 Å². The minimum absolute atomic E-state index is 0.866. The van der Waals surface area contributed by atoms with Crippen molar-refractivity contribution in [1.82, 2.24) is 0 Å². The monoisotopic (exact) mass is 359 g/mol. The molecule has 0 amide bonds. The Kier molecular flexibility index (Phi) is 3.13. The number of benzene rings is 2. The molecule has 0 spiro atoms. The quantitative estimate of drug-likeness (QED) is 0.711. The van der Waals surface area contributed by atoms with Gasteiger partial charge in [0.25, 0.3) is 0 Å². The Morgan fingerprint density at radius 2 is 0.923 bits per heavy atom. The van der Waals surface area contributed by atoms with Crippen LogP contribution in [0.4, 0.5) is 0 Å². The molecule has 1 heteroatoms. The van der Waals surface area contributed by atoms with Crippen molar-refractivity contribution in [3.05, 3.63) is 60.7 Å². The van der Waals surface area contributed by atoms with Crippen molar-refractivity contribution in [2.45, 2.75) is 0 Å². The molecule has 0 aliphatic heterocycles. The molecule has 2 aromatic rings. The van der Waals surface area contributed by atoms with Gasteiger partial charge in [-0.2, -0.15) is 0 Å². The predicted molar refractivity (Wildman–Crippen MR) is 57.9 cm³/mol. The summed E-state index contributed by atoms with van der Waals surface area (Å²) in [6.45, 7) is 0. The SMILES string of the molecule is c1cc[c]([Tl][c]2ccccc2)cc1. The van der Waals surface area contributed by atoms with Gasteiger partial charge in [-0.3, -0.25) is 0 Å². The minimum atomic E-state index is -0.866. The van der Waals surface area contributed by atoms with Crippen molar-refractivity contribution < 1.29 is 0 Å². The molecule has 0 saturated heterocycles. The van der Waals surface area contributed by atoms with Gasteiger partial charge in [0.15, 0.2) is 0 Å². The molecule has 0 heterocycles. The Balaban J connectivity index is 2.16. The number of rotatable bonds is 2. The molecule has 0 aromatic heterocycles. The fraction of sp³-hybridized carbons (Fsp3) is 0. The maximum atomic E-state index is 2.25. The van der Waals surface area contributed by atoms with Crippen LogP contribution in [0.5, 0.6) is 0 Å². The van der Waals surface area contributed by atoms with Crippen molar-refractivity contribution in [1.29, 1.82) is 0 Å². The first-order chi connectivity index (χ1) is 6.45. The zero-order valence-electron chi connectivity index (χ0n) is 7.35. The van der Waals surface area contributed by atoms with Gasteiger partial charge in [-0.1, -0.05) is 0 Å². The zero-order valence-corrected chi connectivity index (χ0v) is 11.8. The Morgan fingerprint density at radius 1 is 0.538 bits per heavy atom. The standard InChI is InChI=1S/2C6H5.Tl/c2*1-2-4-6-5-3-1;/h2*1-5H;. The number of hydrogen-bond acceptors (Lipinski definition) is 0. The summed E-state index contributed by atoms with van der Waals surface area (Å²) in [5.74, 6) is 0. The van der Waals surface area contributed by atoms with E-state index in [-0.39, 0.29) is 0 Å². The molecule has 61 valence electrons. The molecule has 0 aliphatic carbocycles. The molecular formula is C12H10Tl. The van der Waals surface area contributed by atoms with Crippen LogP contribution in [0.1, 0.15) is 0 Å². The Bertz CT molecular complexity index is 316. The third kappa shape index (κ3) is 2.66. The van der Waals surface area contributed by atoms with E-state index in [1.54, 1.807) is 6.25 Å². The normalized spacial score (nSPS) is 9.23. The predicted octanol–water partition coefficient (Wildman–Crippen LogP) is 1.34. The molecule has 2 rings (SSSR count). The third-order valence-corrected chi connectivity index (χ3v) is 7.52. The van der Waals surface area contributed by atoms with Crippen molar-refractivity contribution in [3.8, 4) is 0 Å². The van der Waals surface area contributed by atoms with Crippen molar-refractivity contribution in [2.75, 3.05) is 0 Å². The van der Waals surface area contributed by atoms with E-state index in [1.165, 1.54) is 0 Å². The summed E-state index contributed by atoms with van der Waals surface area (Å²) in [6, 6.07) is 21.7. The molecule has 0 N–H and O–H groups in total. The van der Waals surface area contributed by atoms with Crippen molar-refractivity contribution in [2.24, 2.45) is 0 Å². The topological polar surface area (TPSA) is 0 Å². The molecule has 0 radical (unpaired) electrons. The summed E-state index contributed by atoms with van der Waals surface area (Å²) >= 11 is -0.866. The first-order valence-corrected chi connectivity index (χ1v) is 8.89. The van der Waals surface area contributed by atoms with E-state index in [9.17, 15) is 0 Å². The van der Waals surface area contributed by atoms with E-state index in [1.807, 2.05) is 0 Å². The van der Waals surface area contributed by atoms with E-state index in [2.05, 4.69) is 60.7 Å². The van der Waals surface area contributed by atoms with Crippen LogP contribution in [0.3, 0.4) is 0 Å². The Hall–Kier alpha value is -0.638. The molecular weight excluding hydrogens is 349 g/mol. The van der Waals surface area contributed by atoms with Crippen LogP contribution in [0.25, 0.3) is 0 Å². The van der Waals surface area contributed by atoms with Gasteiger partial charge < -0.3 is 0 Å². The van der Waals surface area contributed by atoms with Crippen LogP contribution in [-0.4, -0.2) is 24.2 Å². The second-order valence-electron chi connectivity index (χ2n) is 2.97. The van der Waals surface area contributed by atoms with Gasteiger partial charge in [0, 0.05) is 0 Å². The van der Waals surface area contributed by atoms with Gasteiger partial charge >= 0.3 is 91.1 Å². The molecule has 0 unspecified atom stereocenters. The number of hydrogen-bond donors (Lipinski definition) is 0. The maximum absolute atomic E-state index is 2.25. The van der Waals surface area contributed by atoms with Gasteiger partial charge in [0.1, 0.15) is 0 Å². The molecule has 0 saturated carbocycles. The van der Waals surface area contributed by atoms with Crippen LogP contribution < -0.4 is 6.25 Å². The first kappa shape index (κ1) is 8.94. The summed E-state index contributed by atoms with van der Waals surface area (Å²) in [5, 5.41) is 0. The molecule has 0 nitrogen and oxygen atoms in total. The molecule has 0 bridgehead atoms. The third-order valence-electron chi connectivity index (χ3n) is 1.93. The fourth-order valence-corrected chi connectivity index (χ4v) is 6.01. The molecule has 13 heavy (non-hydrogen) atoms. The van der Waals surface area contributed by atoms with Crippen molar-refractivity contribution >= 4 is 30.5 Å². The summed E-state index contributed by atoms with van der Waals surface area (Å²) in [4.78, 5) is 0. The molecule has 0 aliphatic rings. The van der Waals surface area contributed by atoms with E-state index in [0.717, 1.165) is 0 Å². The van der Waals surface area contributed by atoms with Crippen LogP contribution in [-0.2, 0) is 0 Å². The molecule has 0 atom stereocenters. The van der Waals surface area contributed by atoms with Gasteiger partial charge in [-0.25, -0.2) is 0 Å². The molecule has 2 aromatic carbocycles. The van der Waals surface area contributed by atoms with Crippen molar-refractivity contribution in [3.63, 3.8) is 0 Å². The van der Waals surface area contributed by atoms with Gasteiger partial charge in [0.2, 0.25) is 0 Å². The zero-order chi connectivity index (χ0) is 8.93. The average Bonchev–Trinajstić information content (AvgIpc) is 2.21.